The van der Waals surface area contributed by atoms with Gasteiger partial charge in [-0.05, 0) is 18.1 Å². The highest BCUT2D eigenvalue weighted by Gasteiger charge is 2.14. The maximum Gasteiger partial charge on any atom is 0.167 e. The molecule has 0 radical (unpaired) electrons. The molecule has 0 aromatic heterocycles. The Kier molecular flexibility index (Phi) is 1.58. The van der Waals surface area contributed by atoms with Gasteiger partial charge in [0.05, 0.1) is 0 Å². The van der Waals surface area contributed by atoms with Gasteiger partial charge in [-0.1, -0.05) is 30.3 Å². The summed E-state index contributed by atoms with van der Waals surface area (Å²) in [5.74, 6) is 0.233. The monoisotopic (exact) mass is 158 g/mol. The molecule has 0 unspecified atom stereocenters. The molecule has 0 atom stereocenters. The van der Waals surface area contributed by atoms with Crippen LogP contribution in [0.1, 0.15) is 29.3 Å². The molecule has 1 nitrogen and oxygen atoms in total. The number of ketones is 1. The predicted molar refractivity (Wildman–Crippen MR) is 49.0 cm³/mol. The van der Waals surface area contributed by atoms with Crippen LogP contribution in [0, 0.1) is 0 Å². The van der Waals surface area contributed by atoms with E-state index in [4.69, 9.17) is 0 Å². The van der Waals surface area contributed by atoms with Gasteiger partial charge >= 0.3 is 0 Å². The molecule has 0 amide bonds. The number of carbonyl (C=O) groups is 1. The molecule has 0 N–H and O–H groups in total. The van der Waals surface area contributed by atoms with Crippen LogP contribution in [0.4, 0.5) is 0 Å². The molecule has 1 aromatic carbocycles. The lowest BCUT2D eigenvalue weighted by Gasteiger charge is -2.12. The summed E-state index contributed by atoms with van der Waals surface area (Å²) >= 11 is 0. The van der Waals surface area contributed by atoms with Gasteiger partial charge in [0, 0.05) is 12.0 Å². The van der Waals surface area contributed by atoms with E-state index in [-0.39, 0.29) is 5.78 Å². The van der Waals surface area contributed by atoms with Crippen LogP contribution in [0.15, 0.2) is 30.3 Å². The molecule has 0 bridgehead atoms. The minimum Gasteiger partial charge on any atom is -0.294 e. The molecular formula is C11H10O. The van der Waals surface area contributed by atoms with Crippen LogP contribution in [0.3, 0.4) is 0 Å². The number of carbonyl (C=O) groups excluding carboxylic acids is 1. The highest BCUT2D eigenvalue weighted by molar-refractivity contribution is 6.04. The van der Waals surface area contributed by atoms with Gasteiger partial charge in [0.25, 0.3) is 0 Å². The Morgan fingerprint density at radius 3 is 2.50 bits per heavy atom. The van der Waals surface area contributed by atoms with E-state index in [9.17, 15) is 4.79 Å². The first-order valence-electron chi connectivity index (χ1n) is 4.08. The number of fused-ring (bicyclic) bond motifs is 1. The van der Waals surface area contributed by atoms with Gasteiger partial charge in [-0.2, -0.15) is 0 Å². The standard InChI is InChI=1S/C11H10O/c1-8-6-7-11(12)10-5-3-2-4-9(8)10/h2-6H,7H2,1H3. The van der Waals surface area contributed by atoms with Gasteiger partial charge in [0.1, 0.15) is 0 Å². The van der Waals surface area contributed by atoms with Gasteiger partial charge in [-0.15, -0.1) is 0 Å². The van der Waals surface area contributed by atoms with Crippen molar-refractivity contribution in [3.05, 3.63) is 41.5 Å². The summed E-state index contributed by atoms with van der Waals surface area (Å²) in [6, 6.07) is 7.77. The summed E-state index contributed by atoms with van der Waals surface area (Å²) in [6.45, 7) is 2.05. The van der Waals surface area contributed by atoms with E-state index in [1.54, 1.807) is 0 Å². The van der Waals surface area contributed by atoms with Crippen molar-refractivity contribution >= 4 is 11.4 Å². The first-order chi connectivity index (χ1) is 5.79. The first-order valence-corrected chi connectivity index (χ1v) is 4.08. The molecule has 0 fully saturated rings. The predicted octanol–water partition coefficient (Wildman–Crippen LogP) is 2.68. The van der Waals surface area contributed by atoms with E-state index >= 15 is 0 Å². The van der Waals surface area contributed by atoms with Crippen molar-refractivity contribution in [1.29, 1.82) is 0 Å². The minimum absolute atomic E-state index is 0.233. The van der Waals surface area contributed by atoms with Crippen LogP contribution in [-0.4, -0.2) is 5.78 Å². The van der Waals surface area contributed by atoms with Crippen molar-refractivity contribution in [3.8, 4) is 0 Å². The molecule has 0 saturated heterocycles. The Bertz CT molecular complexity index is 361. The Morgan fingerprint density at radius 1 is 1.17 bits per heavy atom. The lowest BCUT2D eigenvalue weighted by atomic mass is 9.91. The molecule has 60 valence electrons. The lowest BCUT2D eigenvalue weighted by molar-refractivity contribution is 0.0994. The molecule has 1 aliphatic rings. The zero-order chi connectivity index (χ0) is 8.55. The fraction of sp³-hybridized carbons (Fsp3) is 0.182. The number of hydrogen-bond donors (Lipinski definition) is 0. The van der Waals surface area contributed by atoms with Crippen molar-refractivity contribution in [1.82, 2.24) is 0 Å². The zero-order valence-corrected chi connectivity index (χ0v) is 7.00. The summed E-state index contributed by atoms with van der Waals surface area (Å²) in [7, 11) is 0. The maximum atomic E-state index is 11.4. The Hall–Kier alpha value is -1.37. The number of rotatable bonds is 0. The van der Waals surface area contributed by atoms with Crippen LogP contribution < -0.4 is 0 Å². The first kappa shape index (κ1) is 7.29. The van der Waals surface area contributed by atoms with E-state index in [2.05, 4.69) is 0 Å². The van der Waals surface area contributed by atoms with Crippen LogP contribution in [0.5, 0.6) is 0 Å². The number of hydrogen-bond acceptors (Lipinski definition) is 1. The van der Waals surface area contributed by atoms with Crippen molar-refractivity contribution in [2.45, 2.75) is 13.3 Å². The third-order valence-electron chi connectivity index (χ3n) is 2.25. The zero-order valence-electron chi connectivity index (χ0n) is 7.00. The molecule has 1 aromatic rings. The van der Waals surface area contributed by atoms with Crippen molar-refractivity contribution < 1.29 is 4.79 Å². The average Bonchev–Trinajstić information content (AvgIpc) is 2.12. The van der Waals surface area contributed by atoms with Crippen molar-refractivity contribution in [2.75, 3.05) is 0 Å². The normalized spacial score (nSPS) is 15.4. The molecule has 2 rings (SSSR count). The molecule has 0 saturated carbocycles. The van der Waals surface area contributed by atoms with Gasteiger partial charge in [0.15, 0.2) is 5.78 Å². The third-order valence-corrected chi connectivity index (χ3v) is 2.25. The fourth-order valence-corrected chi connectivity index (χ4v) is 1.54. The van der Waals surface area contributed by atoms with Gasteiger partial charge in [-0.3, -0.25) is 4.79 Å². The Morgan fingerprint density at radius 2 is 1.83 bits per heavy atom. The highest BCUT2D eigenvalue weighted by atomic mass is 16.1. The van der Waals surface area contributed by atoms with Crippen molar-refractivity contribution in [2.24, 2.45) is 0 Å². The van der Waals surface area contributed by atoms with Crippen LogP contribution in [0.25, 0.3) is 5.57 Å². The van der Waals surface area contributed by atoms with E-state index in [1.807, 2.05) is 37.3 Å². The Labute approximate surface area is 71.7 Å². The lowest BCUT2D eigenvalue weighted by Crippen LogP contribution is -2.05. The largest absolute Gasteiger partial charge is 0.294 e. The second-order valence-electron chi connectivity index (χ2n) is 3.06. The smallest absolute Gasteiger partial charge is 0.167 e. The fourth-order valence-electron chi connectivity index (χ4n) is 1.54. The van der Waals surface area contributed by atoms with E-state index in [0.29, 0.717) is 6.42 Å². The van der Waals surface area contributed by atoms with E-state index in [1.165, 1.54) is 5.57 Å². The quantitative estimate of drug-likeness (QED) is 0.567. The number of Topliss-reactive ketones (excluding diaryl/α,β-unsaturated/α-hetero) is 1. The Balaban J connectivity index is 2.66. The summed E-state index contributed by atoms with van der Waals surface area (Å²) in [6.07, 6.45) is 2.55. The highest BCUT2D eigenvalue weighted by Crippen LogP contribution is 2.25. The number of benzene rings is 1. The second-order valence-corrected chi connectivity index (χ2v) is 3.06. The van der Waals surface area contributed by atoms with Gasteiger partial charge in [-0.25, -0.2) is 0 Å². The number of allylic oxidation sites excluding steroid dienone is 2. The van der Waals surface area contributed by atoms with Crippen molar-refractivity contribution in [3.63, 3.8) is 0 Å². The molecule has 1 aliphatic carbocycles. The third kappa shape index (κ3) is 0.981. The molecule has 0 spiro atoms. The van der Waals surface area contributed by atoms with Crippen LogP contribution >= 0.6 is 0 Å². The van der Waals surface area contributed by atoms with Crippen LogP contribution in [0.2, 0.25) is 0 Å². The molecule has 0 aliphatic heterocycles. The van der Waals surface area contributed by atoms with Gasteiger partial charge in [0.2, 0.25) is 0 Å². The van der Waals surface area contributed by atoms with E-state index < -0.39 is 0 Å². The molecular weight excluding hydrogens is 148 g/mol. The summed E-state index contributed by atoms with van der Waals surface area (Å²) in [4.78, 5) is 11.4. The van der Waals surface area contributed by atoms with Crippen LogP contribution in [-0.2, 0) is 0 Å². The average molecular weight is 158 g/mol. The summed E-state index contributed by atoms with van der Waals surface area (Å²) in [5, 5.41) is 0. The molecule has 1 heteroatoms. The molecule has 12 heavy (non-hydrogen) atoms. The van der Waals surface area contributed by atoms with E-state index in [0.717, 1.165) is 11.1 Å². The maximum absolute atomic E-state index is 11.4. The second kappa shape index (κ2) is 2.59. The topological polar surface area (TPSA) is 17.1 Å². The SMILES string of the molecule is CC1=CCC(=O)c2ccccc21. The minimum atomic E-state index is 0.233. The van der Waals surface area contributed by atoms with Gasteiger partial charge < -0.3 is 0 Å². The molecule has 0 heterocycles. The summed E-state index contributed by atoms with van der Waals surface area (Å²) in [5.41, 5.74) is 3.18. The summed E-state index contributed by atoms with van der Waals surface area (Å²) < 4.78 is 0.